The van der Waals surface area contributed by atoms with Crippen LogP contribution in [0.5, 0.6) is 11.5 Å². The van der Waals surface area contributed by atoms with Gasteiger partial charge in [0.2, 0.25) is 0 Å². The molecule has 9 heteroatoms. The quantitative estimate of drug-likeness (QED) is 0.507. The molecule has 0 saturated heterocycles. The highest BCUT2D eigenvalue weighted by Crippen LogP contribution is 2.32. The molecule has 1 amide bonds. The fourth-order valence-corrected chi connectivity index (χ4v) is 4.57. The predicted octanol–water partition coefficient (Wildman–Crippen LogP) is 3.73. The number of ether oxygens (including phenoxy) is 3. The summed E-state index contributed by atoms with van der Waals surface area (Å²) in [5.41, 5.74) is 2.75. The topological polar surface area (TPSA) is 103 Å². The van der Waals surface area contributed by atoms with Gasteiger partial charge in [0.15, 0.2) is 11.5 Å². The highest BCUT2D eigenvalue weighted by Gasteiger charge is 2.19. The van der Waals surface area contributed by atoms with Crippen LogP contribution in [0.15, 0.2) is 71.6 Å². The lowest BCUT2D eigenvalue weighted by atomic mass is 10.1. The second kappa shape index (κ2) is 10.6. The first-order chi connectivity index (χ1) is 16.4. The van der Waals surface area contributed by atoms with E-state index in [4.69, 9.17) is 14.2 Å². The summed E-state index contributed by atoms with van der Waals surface area (Å²) in [6, 6.07) is 18.5. The summed E-state index contributed by atoms with van der Waals surface area (Å²) < 4.78 is 44.5. The minimum Gasteiger partial charge on any atom is -0.490 e. The molecule has 34 heavy (non-hydrogen) atoms. The molecular weight excluding hydrogens is 456 g/mol. The second-order valence-electron chi connectivity index (χ2n) is 7.78. The molecule has 1 aliphatic rings. The molecule has 1 heterocycles. The summed E-state index contributed by atoms with van der Waals surface area (Å²) in [6.45, 7) is 1.86. The Morgan fingerprint density at radius 1 is 0.941 bits per heavy atom. The summed E-state index contributed by atoms with van der Waals surface area (Å²) in [6.07, 6.45) is 0.731. The van der Waals surface area contributed by atoms with Crippen molar-refractivity contribution < 1.29 is 27.4 Å². The summed E-state index contributed by atoms with van der Waals surface area (Å²) in [4.78, 5) is 12.6. The van der Waals surface area contributed by atoms with Crippen molar-refractivity contribution in [2.45, 2.75) is 24.5 Å². The standard InChI is InChI=1S/C25H26N2O6S/c1-31-17-19-5-2-4-18(14-19)16-26-25(28)20-6-8-21(9-7-20)27-34(29,30)22-10-11-23-24(15-22)33-13-3-12-32-23/h2,4-11,14-15,27H,3,12-13,16-17H2,1H3,(H,26,28). The first kappa shape index (κ1) is 23.6. The third-order valence-corrected chi connectivity index (χ3v) is 6.56. The number of methoxy groups -OCH3 is 1. The van der Waals surface area contributed by atoms with E-state index in [1.54, 1.807) is 37.4 Å². The van der Waals surface area contributed by atoms with Crippen molar-refractivity contribution in [2.24, 2.45) is 0 Å². The first-order valence-electron chi connectivity index (χ1n) is 10.8. The Kier molecular flexibility index (Phi) is 7.34. The number of amides is 1. The van der Waals surface area contributed by atoms with E-state index in [1.165, 1.54) is 12.1 Å². The summed E-state index contributed by atoms with van der Waals surface area (Å²) in [5.74, 6) is 0.673. The molecule has 1 aliphatic heterocycles. The molecule has 3 aromatic rings. The number of rotatable bonds is 8. The van der Waals surface area contributed by atoms with Crippen LogP contribution in [-0.2, 0) is 27.9 Å². The average Bonchev–Trinajstić information content (AvgIpc) is 3.08. The third-order valence-electron chi connectivity index (χ3n) is 5.18. The van der Waals surface area contributed by atoms with E-state index < -0.39 is 10.0 Å². The number of hydrogen-bond donors (Lipinski definition) is 2. The van der Waals surface area contributed by atoms with Crippen LogP contribution in [0.3, 0.4) is 0 Å². The van der Waals surface area contributed by atoms with Crippen molar-refractivity contribution >= 4 is 21.6 Å². The van der Waals surface area contributed by atoms with E-state index in [-0.39, 0.29) is 10.8 Å². The number of carbonyl (C=O) groups is 1. The number of nitrogens with one attached hydrogen (secondary N) is 2. The molecule has 0 fully saturated rings. The lowest BCUT2D eigenvalue weighted by molar-refractivity contribution is 0.0951. The van der Waals surface area contributed by atoms with Crippen LogP contribution in [0, 0.1) is 0 Å². The van der Waals surface area contributed by atoms with Crippen LogP contribution < -0.4 is 19.5 Å². The monoisotopic (exact) mass is 482 g/mol. The SMILES string of the molecule is COCc1cccc(CNC(=O)c2ccc(NS(=O)(=O)c3ccc4c(c3)OCCCO4)cc2)c1. The lowest BCUT2D eigenvalue weighted by Crippen LogP contribution is -2.22. The molecule has 0 atom stereocenters. The van der Waals surface area contributed by atoms with Crippen LogP contribution in [0.1, 0.15) is 27.9 Å². The van der Waals surface area contributed by atoms with Gasteiger partial charge in [-0.05, 0) is 47.5 Å². The number of anilines is 1. The smallest absolute Gasteiger partial charge is 0.262 e. The fraction of sp³-hybridized carbons (Fsp3) is 0.240. The minimum atomic E-state index is -3.84. The van der Waals surface area contributed by atoms with Crippen molar-refractivity contribution in [2.75, 3.05) is 25.0 Å². The van der Waals surface area contributed by atoms with Gasteiger partial charge in [-0.15, -0.1) is 0 Å². The maximum Gasteiger partial charge on any atom is 0.262 e. The predicted molar refractivity (Wildman–Crippen MR) is 128 cm³/mol. The molecule has 4 rings (SSSR count). The van der Waals surface area contributed by atoms with Gasteiger partial charge in [-0.1, -0.05) is 24.3 Å². The number of fused-ring (bicyclic) bond motifs is 1. The molecule has 0 spiro atoms. The maximum absolute atomic E-state index is 12.8. The Balaban J connectivity index is 1.39. The van der Waals surface area contributed by atoms with E-state index in [9.17, 15) is 13.2 Å². The molecule has 0 bridgehead atoms. The first-order valence-corrected chi connectivity index (χ1v) is 12.3. The Morgan fingerprint density at radius 2 is 1.68 bits per heavy atom. The summed E-state index contributed by atoms with van der Waals surface area (Å²) in [5, 5.41) is 2.87. The highest BCUT2D eigenvalue weighted by atomic mass is 32.2. The molecule has 0 aromatic heterocycles. The fourth-order valence-electron chi connectivity index (χ4n) is 3.49. The van der Waals surface area contributed by atoms with Crippen LogP contribution in [0.2, 0.25) is 0 Å². The molecule has 8 nitrogen and oxygen atoms in total. The van der Waals surface area contributed by atoms with Crippen molar-refractivity contribution in [3.63, 3.8) is 0 Å². The zero-order chi connectivity index (χ0) is 24.0. The van der Waals surface area contributed by atoms with E-state index in [1.807, 2.05) is 24.3 Å². The largest absolute Gasteiger partial charge is 0.490 e. The number of hydrogen-bond acceptors (Lipinski definition) is 6. The minimum absolute atomic E-state index is 0.0641. The maximum atomic E-state index is 12.8. The highest BCUT2D eigenvalue weighted by molar-refractivity contribution is 7.92. The van der Waals surface area contributed by atoms with E-state index in [2.05, 4.69) is 10.0 Å². The van der Waals surface area contributed by atoms with E-state index in [0.29, 0.717) is 49.1 Å². The van der Waals surface area contributed by atoms with Crippen LogP contribution in [0.4, 0.5) is 5.69 Å². The van der Waals surface area contributed by atoms with Crippen LogP contribution >= 0.6 is 0 Å². The Bertz CT molecular complexity index is 1260. The van der Waals surface area contributed by atoms with Crippen LogP contribution in [-0.4, -0.2) is 34.6 Å². The zero-order valence-electron chi connectivity index (χ0n) is 18.7. The lowest BCUT2D eigenvalue weighted by Gasteiger charge is -2.12. The molecule has 2 N–H and O–H groups in total. The van der Waals surface area contributed by atoms with Gasteiger partial charge in [-0.25, -0.2) is 8.42 Å². The number of sulfonamides is 1. The molecule has 0 aliphatic carbocycles. The Morgan fingerprint density at radius 3 is 2.44 bits per heavy atom. The van der Waals surface area contributed by atoms with Crippen molar-refractivity contribution in [3.05, 3.63) is 83.4 Å². The van der Waals surface area contributed by atoms with Gasteiger partial charge in [0, 0.05) is 37.4 Å². The van der Waals surface area contributed by atoms with Gasteiger partial charge >= 0.3 is 0 Å². The van der Waals surface area contributed by atoms with Gasteiger partial charge in [0.25, 0.3) is 15.9 Å². The third kappa shape index (κ3) is 5.86. The van der Waals surface area contributed by atoms with Crippen molar-refractivity contribution in [1.29, 1.82) is 0 Å². The molecule has 3 aromatic carbocycles. The van der Waals surface area contributed by atoms with Gasteiger partial charge < -0.3 is 19.5 Å². The number of carbonyl (C=O) groups excluding carboxylic acids is 1. The molecule has 0 unspecified atom stereocenters. The molecule has 0 saturated carbocycles. The molecule has 0 radical (unpaired) electrons. The second-order valence-corrected chi connectivity index (χ2v) is 9.46. The van der Waals surface area contributed by atoms with Crippen molar-refractivity contribution in [3.8, 4) is 11.5 Å². The normalized spacial score (nSPS) is 13.1. The van der Waals surface area contributed by atoms with Gasteiger partial charge in [0.1, 0.15) is 0 Å². The van der Waals surface area contributed by atoms with E-state index in [0.717, 1.165) is 17.5 Å². The Labute approximate surface area is 198 Å². The van der Waals surface area contributed by atoms with E-state index >= 15 is 0 Å². The zero-order valence-corrected chi connectivity index (χ0v) is 19.6. The van der Waals surface area contributed by atoms with Gasteiger partial charge in [0.05, 0.1) is 24.7 Å². The molecule has 178 valence electrons. The van der Waals surface area contributed by atoms with Crippen molar-refractivity contribution in [1.82, 2.24) is 5.32 Å². The van der Waals surface area contributed by atoms with Gasteiger partial charge in [-0.2, -0.15) is 0 Å². The molecular formula is C25H26N2O6S. The summed E-state index contributed by atoms with van der Waals surface area (Å²) >= 11 is 0. The summed E-state index contributed by atoms with van der Waals surface area (Å²) in [7, 11) is -2.21. The number of benzene rings is 3. The van der Waals surface area contributed by atoms with Crippen LogP contribution in [0.25, 0.3) is 0 Å². The van der Waals surface area contributed by atoms with Gasteiger partial charge in [-0.3, -0.25) is 9.52 Å². The average molecular weight is 483 g/mol. The Hall–Kier alpha value is -3.56.